The first-order chi connectivity index (χ1) is 5.29. The van der Waals surface area contributed by atoms with Crippen LogP contribution in [0.2, 0.25) is 0 Å². The van der Waals surface area contributed by atoms with Crippen molar-refractivity contribution in [2.45, 2.75) is 6.92 Å². The van der Waals surface area contributed by atoms with Crippen LogP contribution in [-0.4, -0.2) is 15.1 Å². The van der Waals surface area contributed by atoms with E-state index in [-0.39, 0.29) is 5.75 Å². The third-order valence-corrected chi connectivity index (χ3v) is 1.77. The minimum Gasteiger partial charge on any atom is -0.506 e. The van der Waals surface area contributed by atoms with Crippen LogP contribution in [0.5, 0.6) is 5.75 Å². The summed E-state index contributed by atoms with van der Waals surface area (Å²) in [5.41, 5.74) is 2.64. The van der Waals surface area contributed by atoms with Gasteiger partial charge in [0.25, 0.3) is 0 Å². The molecule has 2 aromatic rings. The third-order valence-electron chi connectivity index (χ3n) is 1.77. The first-order valence-electron chi connectivity index (χ1n) is 3.40. The fourth-order valence-corrected chi connectivity index (χ4v) is 1.16. The van der Waals surface area contributed by atoms with Gasteiger partial charge in [0, 0.05) is 0 Å². The van der Waals surface area contributed by atoms with Crippen LogP contribution in [0, 0.1) is 6.92 Å². The zero-order valence-electron chi connectivity index (χ0n) is 6.13. The Balaban J connectivity index is 2.96. The lowest BCUT2D eigenvalue weighted by atomic mass is 10.2. The Labute approximate surface area is 63.7 Å². The summed E-state index contributed by atoms with van der Waals surface area (Å²) >= 11 is 0. The summed E-state index contributed by atoms with van der Waals surface area (Å²) in [6.07, 6.45) is 1.58. The van der Waals surface area contributed by atoms with Crippen LogP contribution >= 0.6 is 0 Å². The average molecular weight is 148 g/mol. The number of imidazole rings is 1. The van der Waals surface area contributed by atoms with Crippen LogP contribution in [0.4, 0.5) is 0 Å². The number of benzene rings is 1. The molecule has 3 nitrogen and oxygen atoms in total. The number of H-pyrrole nitrogens is 1. The topological polar surface area (TPSA) is 48.9 Å². The number of aromatic nitrogens is 2. The second kappa shape index (κ2) is 1.99. The standard InChI is InChI=1S/C8H8N2O/c1-5-2-3-6(11)8-7(5)9-4-10-8/h2-4,11H,1H3,(H,9,10). The second-order valence-electron chi connectivity index (χ2n) is 2.53. The van der Waals surface area contributed by atoms with Gasteiger partial charge in [-0.25, -0.2) is 4.98 Å². The molecule has 0 unspecified atom stereocenters. The number of aromatic amines is 1. The van der Waals surface area contributed by atoms with Gasteiger partial charge in [-0.2, -0.15) is 0 Å². The summed E-state index contributed by atoms with van der Waals surface area (Å²) in [6, 6.07) is 3.51. The molecule has 11 heavy (non-hydrogen) atoms. The van der Waals surface area contributed by atoms with E-state index in [1.165, 1.54) is 0 Å². The lowest BCUT2D eigenvalue weighted by molar-refractivity contribution is 0.480. The predicted molar refractivity (Wildman–Crippen MR) is 42.5 cm³/mol. The number of hydrogen-bond donors (Lipinski definition) is 2. The molecule has 0 amide bonds. The Hall–Kier alpha value is -1.51. The zero-order valence-corrected chi connectivity index (χ0v) is 6.13. The van der Waals surface area contributed by atoms with Crippen molar-refractivity contribution >= 4 is 11.0 Å². The van der Waals surface area contributed by atoms with Crippen molar-refractivity contribution in [2.24, 2.45) is 0 Å². The van der Waals surface area contributed by atoms with E-state index >= 15 is 0 Å². The van der Waals surface area contributed by atoms with Gasteiger partial charge in [0.2, 0.25) is 0 Å². The second-order valence-corrected chi connectivity index (χ2v) is 2.53. The van der Waals surface area contributed by atoms with Crippen molar-refractivity contribution in [3.8, 4) is 5.75 Å². The summed E-state index contributed by atoms with van der Waals surface area (Å²) in [7, 11) is 0. The first kappa shape index (κ1) is 6.22. The molecule has 0 aliphatic rings. The van der Waals surface area contributed by atoms with Crippen molar-refractivity contribution < 1.29 is 5.11 Å². The summed E-state index contributed by atoms with van der Waals surface area (Å²) in [5.74, 6) is 0.229. The molecule has 0 radical (unpaired) electrons. The van der Waals surface area contributed by atoms with Crippen LogP contribution in [0.3, 0.4) is 0 Å². The quantitative estimate of drug-likeness (QED) is 0.595. The molecule has 2 rings (SSSR count). The molecule has 0 fully saturated rings. The molecule has 0 saturated carbocycles. The number of rotatable bonds is 0. The van der Waals surface area contributed by atoms with E-state index < -0.39 is 0 Å². The van der Waals surface area contributed by atoms with Crippen molar-refractivity contribution in [3.05, 3.63) is 24.0 Å². The molecule has 0 spiro atoms. The van der Waals surface area contributed by atoms with Crippen LogP contribution in [0.15, 0.2) is 18.5 Å². The molecule has 1 heterocycles. The molecule has 0 atom stereocenters. The lowest BCUT2D eigenvalue weighted by Gasteiger charge is -1.95. The van der Waals surface area contributed by atoms with Crippen LogP contribution < -0.4 is 0 Å². The highest BCUT2D eigenvalue weighted by Crippen LogP contribution is 2.23. The van der Waals surface area contributed by atoms with Gasteiger partial charge in [-0.3, -0.25) is 0 Å². The SMILES string of the molecule is Cc1ccc(O)c2nc[nH]c12. The van der Waals surface area contributed by atoms with E-state index in [9.17, 15) is 5.11 Å². The van der Waals surface area contributed by atoms with E-state index in [1.54, 1.807) is 12.4 Å². The molecule has 3 heteroatoms. The highest BCUT2D eigenvalue weighted by Gasteiger charge is 2.02. The molecule has 0 saturated heterocycles. The normalized spacial score (nSPS) is 10.6. The number of phenols is 1. The van der Waals surface area contributed by atoms with Gasteiger partial charge in [-0.1, -0.05) is 6.07 Å². The molecule has 0 aliphatic carbocycles. The summed E-state index contributed by atoms with van der Waals surface area (Å²) in [6.45, 7) is 1.97. The molecule has 1 aromatic heterocycles. The van der Waals surface area contributed by atoms with Crippen LogP contribution in [0.25, 0.3) is 11.0 Å². The third kappa shape index (κ3) is 0.774. The Morgan fingerprint density at radius 3 is 3.00 bits per heavy atom. The summed E-state index contributed by atoms with van der Waals surface area (Å²) in [4.78, 5) is 6.93. The molecule has 0 bridgehead atoms. The molecule has 0 aliphatic heterocycles. The van der Waals surface area contributed by atoms with Crippen molar-refractivity contribution in [2.75, 3.05) is 0 Å². The maximum atomic E-state index is 9.30. The van der Waals surface area contributed by atoms with E-state index in [2.05, 4.69) is 9.97 Å². The number of nitrogens with zero attached hydrogens (tertiary/aromatic N) is 1. The predicted octanol–water partition coefficient (Wildman–Crippen LogP) is 1.58. The molecular weight excluding hydrogens is 140 g/mol. The Kier molecular flexibility index (Phi) is 1.12. The van der Waals surface area contributed by atoms with E-state index in [4.69, 9.17) is 0 Å². The Bertz CT molecular complexity index is 356. The molecule has 2 N–H and O–H groups in total. The Morgan fingerprint density at radius 1 is 1.45 bits per heavy atom. The number of fused-ring (bicyclic) bond motifs is 1. The van der Waals surface area contributed by atoms with E-state index in [0.29, 0.717) is 5.52 Å². The minimum atomic E-state index is 0.229. The first-order valence-corrected chi connectivity index (χ1v) is 3.40. The largest absolute Gasteiger partial charge is 0.506 e. The monoisotopic (exact) mass is 148 g/mol. The maximum absolute atomic E-state index is 9.30. The number of hydrogen-bond acceptors (Lipinski definition) is 2. The van der Waals surface area contributed by atoms with Gasteiger partial charge in [-0.05, 0) is 18.6 Å². The number of phenolic OH excluding ortho intramolecular Hbond substituents is 1. The number of aromatic hydroxyl groups is 1. The molecule has 1 aromatic carbocycles. The van der Waals surface area contributed by atoms with Gasteiger partial charge >= 0.3 is 0 Å². The number of nitrogens with one attached hydrogen (secondary N) is 1. The van der Waals surface area contributed by atoms with Crippen molar-refractivity contribution in [1.82, 2.24) is 9.97 Å². The van der Waals surface area contributed by atoms with Crippen molar-refractivity contribution in [1.29, 1.82) is 0 Å². The van der Waals surface area contributed by atoms with Gasteiger partial charge in [-0.15, -0.1) is 0 Å². The fraction of sp³-hybridized carbons (Fsp3) is 0.125. The minimum absolute atomic E-state index is 0.229. The van der Waals surface area contributed by atoms with Crippen molar-refractivity contribution in [3.63, 3.8) is 0 Å². The summed E-state index contributed by atoms with van der Waals surface area (Å²) < 4.78 is 0. The maximum Gasteiger partial charge on any atom is 0.143 e. The van der Waals surface area contributed by atoms with Crippen LogP contribution in [-0.2, 0) is 0 Å². The van der Waals surface area contributed by atoms with E-state index in [1.807, 2.05) is 13.0 Å². The average Bonchev–Trinajstić information content (AvgIpc) is 2.45. The smallest absolute Gasteiger partial charge is 0.143 e. The zero-order chi connectivity index (χ0) is 7.84. The fourth-order valence-electron chi connectivity index (χ4n) is 1.16. The van der Waals surface area contributed by atoms with Crippen LogP contribution in [0.1, 0.15) is 5.56 Å². The highest BCUT2D eigenvalue weighted by atomic mass is 16.3. The lowest BCUT2D eigenvalue weighted by Crippen LogP contribution is -1.76. The highest BCUT2D eigenvalue weighted by molar-refractivity contribution is 5.83. The van der Waals surface area contributed by atoms with E-state index in [0.717, 1.165) is 11.1 Å². The molecular formula is C8H8N2O. The van der Waals surface area contributed by atoms with Gasteiger partial charge < -0.3 is 10.1 Å². The number of aryl methyl sites for hydroxylation is 1. The Morgan fingerprint density at radius 2 is 2.27 bits per heavy atom. The van der Waals surface area contributed by atoms with Gasteiger partial charge in [0.05, 0.1) is 11.8 Å². The molecule has 56 valence electrons. The van der Waals surface area contributed by atoms with Gasteiger partial charge in [0.15, 0.2) is 0 Å². The summed E-state index contributed by atoms with van der Waals surface area (Å²) in [5, 5.41) is 9.30. The van der Waals surface area contributed by atoms with Gasteiger partial charge in [0.1, 0.15) is 11.3 Å².